The van der Waals surface area contributed by atoms with Gasteiger partial charge in [0.05, 0.1) is 28.0 Å². The van der Waals surface area contributed by atoms with Gasteiger partial charge >= 0.3 is 12.4 Å². The van der Waals surface area contributed by atoms with Crippen LogP contribution in [0.25, 0.3) is 0 Å². The third-order valence-corrected chi connectivity index (χ3v) is 19.5. The number of fused-ring (bicyclic) bond motifs is 2. The Balaban J connectivity index is 1.04. The van der Waals surface area contributed by atoms with Crippen LogP contribution in [0.5, 0.6) is 5.75 Å². The molecule has 5 aliphatic heterocycles. The van der Waals surface area contributed by atoms with Crippen molar-refractivity contribution in [2.24, 2.45) is 23.7 Å². The molecule has 4 aromatic carbocycles. The van der Waals surface area contributed by atoms with Crippen LogP contribution in [0.4, 0.5) is 37.7 Å². The van der Waals surface area contributed by atoms with E-state index in [1.54, 1.807) is 30.3 Å². The number of nitrogens with zero attached hydrogens (tertiary/aromatic N) is 3. The van der Waals surface area contributed by atoms with Gasteiger partial charge in [-0.1, -0.05) is 56.2 Å². The molecular weight excluding hydrogens is 1080 g/mol. The molecule has 12 nitrogen and oxygen atoms in total. The highest BCUT2D eigenvalue weighted by molar-refractivity contribution is 6.31. The maximum absolute atomic E-state index is 15.3. The second-order valence-corrected chi connectivity index (χ2v) is 24.9. The number of rotatable bonds is 11. The molecule has 4 amide bonds. The quantitative estimate of drug-likeness (QED) is 0.0861. The standard InChI is InChI=1S/C63H76ClF6N7O5/c1-34-21-55-42(32-71-34)26-51(60(80)76(55)5)49-31-46(74-59(79)41-23-44(62(65,66)67)29-48(25-41)82-47-17-19-75(4)20-18-47)24-40(35(49)2)22-38-13-15-45(73-58(78)39-14-16-54(64)53(28-39)63(68,69)70)30-50(38)52-27-43-33-72-36(3)56(57(43)77(6)61(52)81)37-11-9-7-8-10-12-37/h13-16,23-25,28-31,34,36-37,42-43,47,51-52,55-57,71-72H,7-12,17-22,26-27,32-33H2,1-6H3,(H,73,78)(H,74,79). The molecule has 442 valence electrons. The summed E-state index contributed by atoms with van der Waals surface area (Å²) in [6.45, 7) is 9.01. The summed E-state index contributed by atoms with van der Waals surface area (Å²) in [7, 11) is 5.68. The SMILES string of the molecule is Cc1c(Cc2ccc(NC(=O)c3ccc(Cl)c(C(F)(F)F)c3)cc2C2CC3CNC(C)C(C4CCCCCC4)C3N(C)C2=O)cc(NC(=O)c2cc(OC3CCN(C)CC3)cc(C(F)(F)F)c2)cc1C1CC2CNC(C)CC2N(C)C1=O. The Morgan fingerprint density at radius 1 is 0.671 bits per heavy atom. The zero-order valence-corrected chi connectivity index (χ0v) is 48.3. The minimum absolute atomic E-state index is 0.0123. The number of nitrogens with one attached hydrogen (secondary N) is 4. The number of ether oxygens (including phenoxy) is 1. The minimum Gasteiger partial charge on any atom is -0.490 e. The van der Waals surface area contributed by atoms with Crippen molar-refractivity contribution in [2.75, 3.05) is 58.0 Å². The molecule has 4 N–H and O–H groups in total. The van der Waals surface area contributed by atoms with Crippen LogP contribution in [0.15, 0.2) is 66.7 Å². The molecule has 6 fully saturated rings. The van der Waals surface area contributed by atoms with Gasteiger partial charge in [-0.05, 0) is 178 Å². The molecule has 9 atom stereocenters. The third kappa shape index (κ3) is 12.7. The Hall–Kier alpha value is -5.69. The van der Waals surface area contributed by atoms with Gasteiger partial charge in [0.2, 0.25) is 11.8 Å². The molecule has 0 bridgehead atoms. The number of hydrogen-bond acceptors (Lipinski definition) is 8. The van der Waals surface area contributed by atoms with Crippen LogP contribution in [0, 0.1) is 30.6 Å². The van der Waals surface area contributed by atoms with E-state index in [9.17, 15) is 40.7 Å². The summed E-state index contributed by atoms with van der Waals surface area (Å²) in [5, 5.41) is 12.5. The highest BCUT2D eigenvalue weighted by Crippen LogP contribution is 2.47. The van der Waals surface area contributed by atoms with Gasteiger partial charge in [-0.2, -0.15) is 26.3 Å². The maximum Gasteiger partial charge on any atom is 0.417 e. The highest BCUT2D eigenvalue weighted by Gasteiger charge is 2.50. The average Bonchev–Trinajstić information content (AvgIpc) is 2.57. The Labute approximate surface area is 481 Å². The van der Waals surface area contributed by atoms with Crippen LogP contribution < -0.4 is 26.0 Å². The van der Waals surface area contributed by atoms with Gasteiger partial charge in [0.15, 0.2) is 0 Å². The Morgan fingerprint density at radius 2 is 1.32 bits per heavy atom. The van der Waals surface area contributed by atoms with Crippen molar-refractivity contribution in [3.63, 3.8) is 0 Å². The molecule has 0 spiro atoms. The van der Waals surface area contributed by atoms with Crippen molar-refractivity contribution in [3.8, 4) is 5.75 Å². The molecule has 82 heavy (non-hydrogen) atoms. The van der Waals surface area contributed by atoms with Crippen molar-refractivity contribution >= 4 is 46.6 Å². The fraction of sp³-hybridized carbons (Fsp3) is 0.556. The summed E-state index contributed by atoms with van der Waals surface area (Å²) in [5.74, 6) is -2.39. The van der Waals surface area contributed by atoms with E-state index >= 15 is 4.79 Å². The predicted molar refractivity (Wildman–Crippen MR) is 304 cm³/mol. The van der Waals surface area contributed by atoms with E-state index < -0.39 is 52.2 Å². The highest BCUT2D eigenvalue weighted by atomic mass is 35.5. The summed E-state index contributed by atoms with van der Waals surface area (Å²) in [4.78, 5) is 64.2. The molecular formula is C63H76ClF6N7O5. The van der Waals surface area contributed by atoms with E-state index in [4.69, 9.17) is 16.3 Å². The predicted octanol–water partition coefficient (Wildman–Crippen LogP) is 12.1. The number of benzene rings is 4. The van der Waals surface area contributed by atoms with Crippen LogP contribution in [0.2, 0.25) is 5.02 Å². The lowest BCUT2D eigenvalue weighted by atomic mass is 9.65. The number of amides is 4. The van der Waals surface area contributed by atoms with Crippen molar-refractivity contribution in [2.45, 2.75) is 152 Å². The Bertz CT molecular complexity index is 3050. The summed E-state index contributed by atoms with van der Waals surface area (Å²) in [6, 6.07) is 15.1. The van der Waals surface area contributed by atoms with Gasteiger partial charge in [-0.25, -0.2) is 0 Å². The Kier molecular flexibility index (Phi) is 17.5. The molecule has 10 rings (SSSR count). The number of alkyl halides is 6. The second-order valence-electron chi connectivity index (χ2n) is 24.5. The number of carbonyl (C=O) groups is 4. The van der Waals surface area contributed by atoms with Crippen molar-refractivity contribution < 1.29 is 50.3 Å². The molecule has 9 unspecified atom stereocenters. The van der Waals surface area contributed by atoms with Crippen LogP contribution in [0.3, 0.4) is 0 Å². The van der Waals surface area contributed by atoms with E-state index in [0.29, 0.717) is 86.1 Å². The molecule has 5 heterocycles. The first-order chi connectivity index (χ1) is 38.9. The van der Waals surface area contributed by atoms with E-state index in [0.717, 1.165) is 55.9 Å². The number of hydrogen-bond donors (Lipinski definition) is 4. The largest absolute Gasteiger partial charge is 0.490 e. The molecule has 1 saturated carbocycles. The van der Waals surface area contributed by atoms with Crippen LogP contribution in [-0.2, 0) is 28.4 Å². The van der Waals surface area contributed by atoms with E-state index in [1.807, 2.05) is 37.9 Å². The van der Waals surface area contributed by atoms with E-state index in [-0.39, 0.29) is 94.5 Å². The minimum atomic E-state index is -4.82. The van der Waals surface area contributed by atoms with Crippen molar-refractivity contribution in [1.82, 2.24) is 25.3 Å². The summed E-state index contributed by atoms with van der Waals surface area (Å²) >= 11 is 5.93. The number of carbonyl (C=O) groups excluding carboxylic acids is 4. The molecule has 0 radical (unpaired) electrons. The normalized spacial score (nSPS) is 27.1. The summed E-state index contributed by atoms with van der Waals surface area (Å²) in [6.07, 6.45) is 0.0728. The molecule has 19 heteroatoms. The first-order valence-electron chi connectivity index (χ1n) is 29.2. The lowest BCUT2D eigenvalue weighted by molar-refractivity contribution is -0.144. The molecule has 5 saturated heterocycles. The first kappa shape index (κ1) is 59.5. The molecule has 4 aromatic rings. The van der Waals surface area contributed by atoms with Crippen molar-refractivity contribution in [3.05, 3.63) is 122 Å². The number of likely N-dealkylation sites (tertiary alicyclic amines) is 3. The number of halogens is 7. The third-order valence-electron chi connectivity index (χ3n) is 19.1. The van der Waals surface area contributed by atoms with Gasteiger partial charge in [0.1, 0.15) is 11.9 Å². The zero-order valence-electron chi connectivity index (χ0n) is 47.5. The lowest BCUT2D eigenvalue weighted by Crippen LogP contribution is -2.64. The monoisotopic (exact) mass is 1160 g/mol. The number of piperidine rings is 5. The summed E-state index contributed by atoms with van der Waals surface area (Å²) < 4.78 is 91.8. The van der Waals surface area contributed by atoms with Crippen LogP contribution >= 0.6 is 11.6 Å². The molecule has 0 aromatic heterocycles. The van der Waals surface area contributed by atoms with E-state index in [1.165, 1.54) is 25.0 Å². The van der Waals surface area contributed by atoms with Gasteiger partial charge in [0.25, 0.3) is 11.8 Å². The van der Waals surface area contributed by atoms with Gasteiger partial charge in [0, 0.05) is 86.9 Å². The van der Waals surface area contributed by atoms with Gasteiger partial charge in [-0.15, -0.1) is 0 Å². The maximum atomic E-state index is 15.3. The zero-order chi connectivity index (χ0) is 58.5. The van der Waals surface area contributed by atoms with Crippen LogP contribution in [-0.4, -0.2) is 116 Å². The second kappa shape index (κ2) is 24.1. The summed E-state index contributed by atoms with van der Waals surface area (Å²) in [5.41, 5.74) is 1.13. The fourth-order valence-corrected chi connectivity index (χ4v) is 14.9. The smallest absolute Gasteiger partial charge is 0.417 e. The van der Waals surface area contributed by atoms with Crippen molar-refractivity contribution in [1.29, 1.82) is 0 Å². The number of likely N-dealkylation sites (N-methyl/N-ethyl adjacent to an activating group) is 2. The van der Waals surface area contributed by atoms with Gasteiger partial charge < -0.3 is 40.7 Å². The van der Waals surface area contributed by atoms with Crippen LogP contribution in [0.1, 0.15) is 156 Å². The Morgan fingerprint density at radius 3 is 2.02 bits per heavy atom. The average molecular weight is 1160 g/mol. The fourth-order valence-electron chi connectivity index (χ4n) is 14.7. The topological polar surface area (TPSA) is 135 Å². The molecule has 6 aliphatic rings. The lowest BCUT2D eigenvalue weighted by Gasteiger charge is -2.53. The van der Waals surface area contributed by atoms with E-state index in [2.05, 4.69) is 40.0 Å². The molecule has 1 aliphatic carbocycles. The first-order valence-corrected chi connectivity index (χ1v) is 29.6. The number of anilines is 2. The van der Waals surface area contributed by atoms with Gasteiger partial charge in [-0.3, -0.25) is 19.2 Å².